The summed E-state index contributed by atoms with van der Waals surface area (Å²) in [6.07, 6.45) is 1.95. The number of hydrogen-bond donors (Lipinski definition) is 2. The van der Waals surface area contributed by atoms with Crippen molar-refractivity contribution in [1.29, 1.82) is 0 Å². The number of nitrogens with two attached hydrogens (primary N) is 1. The Morgan fingerprint density at radius 2 is 1.93 bits per heavy atom. The molecule has 0 aromatic carbocycles. The summed E-state index contributed by atoms with van der Waals surface area (Å²) >= 11 is 0. The molecule has 0 aromatic rings. The molecule has 1 unspecified atom stereocenters. The first kappa shape index (κ1) is 13.4. The van der Waals surface area contributed by atoms with Crippen LogP contribution in [0.1, 0.15) is 40.5 Å². The summed E-state index contributed by atoms with van der Waals surface area (Å²) in [6.45, 7) is 9.66. The zero-order valence-corrected chi connectivity index (χ0v) is 9.89. The van der Waals surface area contributed by atoms with Crippen LogP contribution in [0, 0.1) is 11.3 Å². The summed E-state index contributed by atoms with van der Waals surface area (Å²) in [7, 11) is 0. The lowest BCUT2D eigenvalue weighted by Crippen LogP contribution is -2.36. The van der Waals surface area contributed by atoms with E-state index in [1.165, 1.54) is 0 Å². The van der Waals surface area contributed by atoms with Crippen LogP contribution in [0.3, 0.4) is 0 Å². The van der Waals surface area contributed by atoms with Gasteiger partial charge in [-0.3, -0.25) is 4.79 Å². The average Bonchev–Trinajstić information content (AvgIpc) is 2.09. The van der Waals surface area contributed by atoms with E-state index in [4.69, 9.17) is 5.73 Å². The minimum absolute atomic E-state index is 0.0396. The molecule has 3 nitrogen and oxygen atoms in total. The molecule has 3 N–H and O–H groups in total. The number of nitrogens with one attached hydrogen (secondary N) is 1. The number of carbonyl (C=O) groups is 1. The van der Waals surface area contributed by atoms with Crippen molar-refractivity contribution in [1.82, 2.24) is 5.32 Å². The van der Waals surface area contributed by atoms with E-state index in [-0.39, 0.29) is 17.2 Å². The third kappa shape index (κ3) is 5.22. The van der Waals surface area contributed by atoms with Gasteiger partial charge in [0.05, 0.1) is 0 Å². The van der Waals surface area contributed by atoms with Crippen molar-refractivity contribution in [3.63, 3.8) is 0 Å². The zero-order chi connectivity index (χ0) is 11.2. The molecule has 0 saturated heterocycles. The quantitative estimate of drug-likeness (QED) is 0.661. The number of hydrogen-bond acceptors (Lipinski definition) is 2. The molecule has 0 spiro atoms. The molecule has 0 fully saturated rings. The van der Waals surface area contributed by atoms with E-state index in [0.717, 1.165) is 19.4 Å². The van der Waals surface area contributed by atoms with Crippen molar-refractivity contribution in [3.8, 4) is 0 Å². The lowest BCUT2D eigenvalue weighted by atomic mass is 9.81. The molecule has 0 saturated carbocycles. The van der Waals surface area contributed by atoms with Crippen molar-refractivity contribution >= 4 is 5.91 Å². The van der Waals surface area contributed by atoms with E-state index < -0.39 is 0 Å². The van der Waals surface area contributed by atoms with Crippen LogP contribution >= 0.6 is 0 Å². The summed E-state index contributed by atoms with van der Waals surface area (Å²) in [5.41, 5.74) is 5.40. The molecule has 0 heterocycles. The summed E-state index contributed by atoms with van der Waals surface area (Å²) in [5.74, 6) is 0.204. The van der Waals surface area contributed by atoms with E-state index >= 15 is 0 Å². The van der Waals surface area contributed by atoms with Gasteiger partial charge in [0, 0.05) is 12.5 Å². The van der Waals surface area contributed by atoms with Crippen molar-refractivity contribution in [2.75, 3.05) is 13.1 Å². The number of rotatable bonds is 5. The first-order valence-electron chi connectivity index (χ1n) is 5.37. The molecule has 0 rings (SSSR count). The van der Waals surface area contributed by atoms with Crippen molar-refractivity contribution in [3.05, 3.63) is 0 Å². The first-order valence-corrected chi connectivity index (χ1v) is 5.37. The fraction of sp³-hybridized carbons (Fsp3) is 0.909. The maximum Gasteiger partial charge on any atom is 0.223 e. The maximum atomic E-state index is 11.6. The Kier molecular flexibility index (Phi) is 5.77. The number of unbranched alkanes of at least 4 members (excludes halogenated alkanes) is 1. The fourth-order valence-corrected chi connectivity index (χ4v) is 1.03. The Balaban J connectivity index is 3.74. The minimum atomic E-state index is 0.0396. The van der Waals surface area contributed by atoms with Gasteiger partial charge in [-0.25, -0.2) is 0 Å². The summed E-state index contributed by atoms with van der Waals surface area (Å²) in [5, 5.41) is 2.93. The van der Waals surface area contributed by atoms with Gasteiger partial charge in [0.2, 0.25) is 5.91 Å². The molecule has 84 valence electrons. The van der Waals surface area contributed by atoms with Gasteiger partial charge in [-0.2, -0.15) is 0 Å². The third-order valence-electron chi connectivity index (χ3n) is 2.62. The smallest absolute Gasteiger partial charge is 0.223 e. The normalized spacial score (nSPS) is 13.8. The Morgan fingerprint density at radius 3 is 2.36 bits per heavy atom. The number of carbonyl (C=O) groups excluding carboxylic acids is 1. The predicted molar refractivity (Wildman–Crippen MR) is 59.9 cm³/mol. The Labute approximate surface area is 87.4 Å². The Hall–Kier alpha value is -0.570. The van der Waals surface area contributed by atoms with E-state index in [1.54, 1.807) is 0 Å². The topological polar surface area (TPSA) is 55.1 Å². The molecule has 0 aliphatic carbocycles. The molecule has 1 atom stereocenters. The SMILES string of the molecule is CC(C(=O)NCCCCN)C(C)(C)C. The van der Waals surface area contributed by atoms with Crippen LogP contribution in [-0.4, -0.2) is 19.0 Å². The molecular formula is C11H24N2O. The monoisotopic (exact) mass is 200 g/mol. The van der Waals surface area contributed by atoms with E-state index in [2.05, 4.69) is 26.1 Å². The fourth-order valence-electron chi connectivity index (χ4n) is 1.03. The van der Waals surface area contributed by atoms with E-state index in [9.17, 15) is 4.79 Å². The van der Waals surface area contributed by atoms with Crippen LogP contribution in [0.4, 0.5) is 0 Å². The molecule has 0 radical (unpaired) electrons. The van der Waals surface area contributed by atoms with Crippen LogP contribution in [-0.2, 0) is 4.79 Å². The van der Waals surface area contributed by atoms with Gasteiger partial charge < -0.3 is 11.1 Å². The lowest BCUT2D eigenvalue weighted by Gasteiger charge is -2.26. The second kappa shape index (κ2) is 6.02. The van der Waals surface area contributed by atoms with Crippen LogP contribution < -0.4 is 11.1 Å². The van der Waals surface area contributed by atoms with Gasteiger partial charge in [-0.15, -0.1) is 0 Å². The minimum Gasteiger partial charge on any atom is -0.356 e. The number of amides is 1. The van der Waals surface area contributed by atoms with Gasteiger partial charge in [0.1, 0.15) is 0 Å². The van der Waals surface area contributed by atoms with Crippen LogP contribution in [0.2, 0.25) is 0 Å². The molecule has 1 amide bonds. The third-order valence-corrected chi connectivity index (χ3v) is 2.62. The molecule has 3 heteroatoms. The zero-order valence-electron chi connectivity index (χ0n) is 9.89. The summed E-state index contributed by atoms with van der Waals surface area (Å²) in [4.78, 5) is 11.6. The van der Waals surface area contributed by atoms with Crippen LogP contribution in [0.15, 0.2) is 0 Å². The Morgan fingerprint density at radius 1 is 1.36 bits per heavy atom. The molecule has 14 heavy (non-hydrogen) atoms. The highest BCUT2D eigenvalue weighted by molar-refractivity contribution is 5.78. The van der Waals surface area contributed by atoms with Crippen molar-refractivity contribution < 1.29 is 4.79 Å². The second-order valence-corrected chi connectivity index (χ2v) is 4.87. The summed E-state index contributed by atoms with van der Waals surface area (Å²) in [6, 6.07) is 0. The van der Waals surface area contributed by atoms with E-state index in [1.807, 2.05) is 6.92 Å². The predicted octanol–water partition coefficient (Wildman–Crippen LogP) is 1.52. The van der Waals surface area contributed by atoms with Crippen molar-refractivity contribution in [2.24, 2.45) is 17.1 Å². The Bertz CT molecular complexity index is 173. The van der Waals surface area contributed by atoms with Crippen LogP contribution in [0.5, 0.6) is 0 Å². The first-order chi connectivity index (χ1) is 6.39. The van der Waals surface area contributed by atoms with Gasteiger partial charge in [-0.1, -0.05) is 27.7 Å². The molecular weight excluding hydrogens is 176 g/mol. The summed E-state index contributed by atoms with van der Waals surface area (Å²) < 4.78 is 0. The highest BCUT2D eigenvalue weighted by atomic mass is 16.1. The second-order valence-electron chi connectivity index (χ2n) is 4.87. The molecule has 0 aliphatic rings. The highest BCUT2D eigenvalue weighted by Gasteiger charge is 2.26. The molecule has 0 bridgehead atoms. The molecule has 0 aliphatic heterocycles. The average molecular weight is 200 g/mol. The van der Waals surface area contributed by atoms with E-state index in [0.29, 0.717) is 6.54 Å². The van der Waals surface area contributed by atoms with Gasteiger partial charge in [0.25, 0.3) is 0 Å². The standard InChI is InChI=1S/C11H24N2O/c1-9(11(2,3)4)10(14)13-8-6-5-7-12/h9H,5-8,12H2,1-4H3,(H,13,14). The lowest BCUT2D eigenvalue weighted by molar-refractivity contribution is -0.127. The largest absolute Gasteiger partial charge is 0.356 e. The molecule has 0 aromatic heterocycles. The van der Waals surface area contributed by atoms with Crippen molar-refractivity contribution in [2.45, 2.75) is 40.5 Å². The highest BCUT2D eigenvalue weighted by Crippen LogP contribution is 2.25. The van der Waals surface area contributed by atoms with Gasteiger partial charge >= 0.3 is 0 Å². The van der Waals surface area contributed by atoms with Gasteiger partial charge in [0.15, 0.2) is 0 Å². The van der Waals surface area contributed by atoms with Crippen LogP contribution in [0.25, 0.3) is 0 Å². The maximum absolute atomic E-state index is 11.6. The van der Waals surface area contributed by atoms with Gasteiger partial charge in [-0.05, 0) is 24.8 Å².